The van der Waals surface area contributed by atoms with Crippen LogP contribution in [0.15, 0.2) is 24.4 Å². The molecule has 0 unspecified atom stereocenters. The van der Waals surface area contributed by atoms with E-state index in [1.165, 1.54) is 19.0 Å². The normalized spacial score (nSPS) is 17.0. The van der Waals surface area contributed by atoms with Gasteiger partial charge < -0.3 is 16.0 Å². The standard InChI is InChI=1S/C22H25ClFN7/c1-12-8-19(17(24)9-15(12)13-4-6-25-7-5-13)27-22-26-11-16(23)21(29-22)28-20-10-18(30-31-20)14-2-3-14/h8-11,13-14,25H,2-7H2,1H3,(H3,26,27,28,29,30,31). The van der Waals surface area contributed by atoms with Crippen molar-refractivity contribution in [3.05, 3.63) is 52.1 Å². The van der Waals surface area contributed by atoms with E-state index in [1.807, 2.05) is 19.1 Å². The number of rotatable bonds is 6. The van der Waals surface area contributed by atoms with Crippen molar-refractivity contribution in [2.75, 3.05) is 23.7 Å². The number of hydrogen-bond donors (Lipinski definition) is 4. The monoisotopic (exact) mass is 441 g/mol. The third kappa shape index (κ3) is 4.50. The summed E-state index contributed by atoms with van der Waals surface area (Å²) >= 11 is 6.26. The molecule has 3 heterocycles. The van der Waals surface area contributed by atoms with Crippen LogP contribution >= 0.6 is 11.6 Å². The third-order valence-corrected chi connectivity index (χ3v) is 6.26. The van der Waals surface area contributed by atoms with Gasteiger partial charge in [-0.2, -0.15) is 10.1 Å². The van der Waals surface area contributed by atoms with E-state index >= 15 is 0 Å². The summed E-state index contributed by atoms with van der Waals surface area (Å²) in [6.07, 6.45) is 5.91. The van der Waals surface area contributed by atoms with Crippen molar-refractivity contribution in [3.8, 4) is 0 Å². The van der Waals surface area contributed by atoms with Crippen LogP contribution in [0.4, 0.5) is 27.7 Å². The fourth-order valence-electron chi connectivity index (χ4n) is 4.13. The first-order valence-corrected chi connectivity index (χ1v) is 11.1. The molecule has 0 amide bonds. The average molecular weight is 442 g/mol. The van der Waals surface area contributed by atoms with E-state index in [9.17, 15) is 4.39 Å². The highest BCUT2D eigenvalue weighted by Crippen LogP contribution is 2.40. The number of nitrogens with one attached hydrogen (secondary N) is 4. The number of nitrogens with zero attached hydrogens (tertiary/aromatic N) is 3. The van der Waals surface area contributed by atoms with Gasteiger partial charge in [0, 0.05) is 17.7 Å². The average Bonchev–Trinajstić information content (AvgIpc) is 3.52. The highest BCUT2D eigenvalue weighted by Gasteiger charge is 2.25. The molecular formula is C22H25ClFN7. The van der Waals surface area contributed by atoms with Gasteiger partial charge >= 0.3 is 0 Å². The number of aromatic amines is 1. The van der Waals surface area contributed by atoms with Gasteiger partial charge in [-0.05, 0) is 74.9 Å². The van der Waals surface area contributed by atoms with Crippen molar-refractivity contribution in [1.29, 1.82) is 0 Å². The largest absolute Gasteiger partial charge is 0.322 e. The Morgan fingerprint density at radius 1 is 1.06 bits per heavy atom. The van der Waals surface area contributed by atoms with E-state index in [1.54, 1.807) is 6.07 Å². The molecule has 1 aromatic carbocycles. The molecule has 1 saturated heterocycles. The lowest BCUT2D eigenvalue weighted by Gasteiger charge is -2.25. The number of hydrogen-bond acceptors (Lipinski definition) is 6. The maximum atomic E-state index is 14.9. The number of benzene rings is 1. The Kier molecular flexibility index (Phi) is 5.50. The predicted octanol–water partition coefficient (Wildman–Crippen LogP) is 5.13. The molecule has 31 heavy (non-hydrogen) atoms. The Bertz CT molecular complexity index is 1090. The van der Waals surface area contributed by atoms with Gasteiger partial charge in [0.25, 0.3) is 0 Å². The van der Waals surface area contributed by atoms with Gasteiger partial charge in [-0.3, -0.25) is 5.10 Å². The Morgan fingerprint density at radius 2 is 1.87 bits per heavy atom. The quantitative estimate of drug-likeness (QED) is 0.424. The van der Waals surface area contributed by atoms with E-state index in [0.29, 0.717) is 34.2 Å². The van der Waals surface area contributed by atoms with Crippen LogP contribution in [-0.4, -0.2) is 33.3 Å². The minimum atomic E-state index is -0.312. The molecule has 0 radical (unpaired) electrons. The Morgan fingerprint density at radius 3 is 2.65 bits per heavy atom. The molecule has 0 atom stereocenters. The van der Waals surface area contributed by atoms with Crippen LogP contribution in [0.5, 0.6) is 0 Å². The smallest absolute Gasteiger partial charge is 0.229 e. The Labute approximate surface area is 185 Å². The van der Waals surface area contributed by atoms with Gasteiger partial charge in [-0.25, -0.2) is 9.37 Å². The summed E-state index contributed by atoms with van der Waals surface area (Å²) in [4.78, 5) is 8.63. The molecule has 0 bridgehead atoms. The Hall–Kier alpha value is -2.71. The van der Waals surface area contributed by atoms with Crippen LogP contribution in [0.1, 0.15) is 54.3 Å². The van der Waals surface area contributed by atoms with E-state index in [4.69, 9.17) is 11.6 Å². The Balaban J connectivity index is 1.34. The molecule has 9 heteroatoms. The lowest BCUT2D eigenvalue weighted by atomic mass is 9.87. The summed E-state index contributed by atoms with van der Waals surface area (Å²) in [6.45, 7) is 3.96. The maximum Gasteiger partial charge on any atom is 0.229 e. The highest BCUT2D eigenvalue weighted by atomic mass is 35.5. The van der Waals surface area contributed by atoms with Crippen molar-refractivity contribution >= 4 is 34.9 Å². The van der Waals surface area contributed by atoms with Gasteiger partial charge in [0.15, 0.2) is 11.6 Å². The van der Waals surface area contributed by atoms with Crippen LogP contribution < -0.4 is 16.0 Å². The first-order valence-electron chi connectivity index (χ1n) is 10.7. The molecule has 2 aliphatic rings. The second-order valence-electron chi connectivity index (χ2n) is 8.34. The molecule has 0 spiro atoms. The van der Waals surface area contributed by atoms with Crippen LogP contribution in [0.25, 0.3) is 0 Å². The van der Waals surface area contributed by atoms with Crippen LogP contribution in [-0.2, 0) is 0 Å². The lowest BCUT2D eigenvalue weighted by molar-refractivity contribution is 0.457. The minimum absolute atomic E-state index is 0.262. The van der Waals surface area contributed by atoms with Gasteiger partial charge in [-0.1, -0.05) is 11.6 Å². The fraction of sp³-hybridized carbons (Fsp3) is 0.409. The van der Waals surface area contributed by atoms with Gasteiger partial charge in [0.05, 0.1) is 11.9 Å². The highest BCUT2D eigenvalue weighted by molar-refractivity contribution is 6.32. The van der Waals surface area contributed by atoms with Gasteiger partial charge in [-0.15, -0.1) is 0 Å². The number of anilines is 4. The molecule has 1 aliphatic heterocycles. The molecular weight excluding hydrogens is 417 g/mol. The first kappa shape index (κ1) is 20.2. The summed E-state index contributed by atoms with van der Waals surface area (Å²) in [7, 11) is 0. The molecule has 1 saturated carbocycles. The topological polar surface area (TPSA) is 90.5 Å². The van der Waals surface area contributed by atoms with E-state index < -0.39 is 0 Å². The molecule has 5 rings (SSSR count). The molecule has 3 aromatic rings. The number of piperidine rings is 1. The zero-order chi connectivity index (χ0) is 21.4. The molecule has 1 aliphatic carbocycles. The van der Waals surface area contributed by atoms with E-state index in [2.05, 4.69) is 36.1 Å². The molecule has 162 valence electrons. The summed E-state index contributed by atoms with van der Waals surface area (Å²) < 4.78 is 14.9. The number of H-pyrrole nitrogens is 1. The first-order chi connectivity index (χ1) is 15.1. The van der Waals surface area contributed by atoms with E-state index in [0.717, 1.165) is 42.8 Å². The van der Waals surface area contributed by atoms with Crippen molar-refractivity contribution in [2.45, 2.75) is 44.4 Å². The van der Waals surface area contributed by atoms with E-state index in [-0.39, 0.29) is 11.8 Å². The zero-order valence-electron chi connectivity index (χ0n) is 17.3. The lowest BCUT2D eigenvalue weighted by Crippen LogP contribution is -2.27. The molecule has 2 fully saturated rings. The zero-order valence-corrected chi connectivity index (χ0v) is 18.1. The number of aromatic nitrogens is 4. The predicted molar refractivity (Wildman–Crippen MR) is 120 cm³/mol. The second kappa shape index (κ2) is 8.43. The third-order valence-electron chi connectivity index (χ3n) is 5.99. The summed E-state index contributed by atoms with van der Waals surface area (Å²) in [5, 5.41) is 17.1. The summed E-state index contributed by atoms with van der Waals surface area (Å²) in [5.74, 6) is 1.96. The summed E-state index contributed by atoms with van der Waals surface area (Å²) in [5.41, 5.74) is 3.60. The fourth-order valence-corrected chi connectivity index (χ4v) is 4.26. The minimum Gasteiger partial charge on any atom is -0.322 e. The second-order valence-corrected chi connectivity index (χ2v) is 8.74. The summed E-state index contributed by atoms with van der Waals surface area (Å²) in [6, 6.07) is 5.44. The van der Waals surface area contributed by atoms with Crippen LogP contribution in [0, 0.1) is 12.7 Å². The SMILES string of the molecule is Cc1cc(Nc2ncc(Cl)c(Nc3cc(C4CC4)[nH]n3)n2)c(F)cc1C1CCNCC1. The van der Waals surface area contributed by atoms with Crippen molar-refractivity contribution in [1.82, 2.24) is 25.5 Å². The van der Waals surface area contributed by atoms with Crippen LogP contribution in [0.3, 0.4) is 0 Å². The van der Waals surface area contributed by atoms with Crippen molar-refractivity contribution < 1.29 is 4.39 Å². The van der Waals surface area contributed by atoms with Gasteiger partial charge in [0.1, 0.15) is 10.8 Å². The number of halogens is 2. The maximum absolute atomic E-state index is 14.9. The van der Waals surface area contributed by atoms with Crippen LogP contribution in [0.2, 0.25) is 5.02 Å². The molecule has 7 nitrogen and oxygen atoms in total. The number of aryl methyl sites for hydroxylation is 1. The molecule has 4 N–H and O–H groups in total. The van der Waals surface area contributed by atoms with Gasteiger partial charge in [0.2, 0.25) is 5.95 Å². The van der Waals surface area contributed by atoms with Crippen molar-refractivity contribution in [3.63, 3.8) is 0 Å². The van der Waals surface area contributed by atoms with Crippen molar-refractivity contribution in [2.24, 2.45) is 0 Å². The molecule has 2 aromatic heterocycles.